The van der Waals surface area contributed by atoms with Gasteiger partial charge in [0.05, 0.1) is 62.1 Å². The van der Waals surface area contributed by atoms with Crippen molar-refractivity contribution in [3.63, 3.8) is 0 Å². The zero-order chi connectivity index (χ0) is 26.1. The predicted octanol–water partition coefficient (Wildman–Crippen LogP) is 2.66. The number of alkyl halides is 3. The van der Waals surface area contributed by atoms with E-state index in [0.29, 0.717) is 29.8 Å². The molecule has 10 nitrogen and oxygen atoms in total. The topological polar surface area (TPSA) is 109 Å². The highest BCUT2D eigenvalue weighted by molar-refractivity contribution is 5.90. The zero-order valence-corrected chi connectivity index (χ0v) is 20.0. The number of methoxy groups -OCH3 is 1. The molecule has 196 valence electrons. The average molecular weight is 520 g/mol. The minimum atomic E-state index is -3.24. The number of benzene rings is 1. The summed E-state index contributed by atoms with van der Waals surface area (Å²) in [6.07, 6.45) is -1.20. The van der Waals surface area contributed by atoms with Gasteiger partial charge in [0.25, 0.3) is 5.92 Å². The van der Waals surface area contributed by atoms with E-state index in [1.54, 1.807) is 23.1 Å². The van der Waals surface area contributed by atoms with E-state index >= 15 is 13.2 Å². The molecule has 0 amide bonds. The van der Waals surface area contributed by atoms with Crippen LogP contribution in [0.15, 0.2) is 18.2 Å². The number of rotatable bonds is 6. The predicted molar refractivity (Wildman–Crippen MR) is 125 cm³/mol. The summed E-state index contributed by atoms with van der Waals surface area (Å²) >= 11 is 0. The van der Waals surface area contributed by atoms with Crippen molar-refractivity contribution in [2.75, 3.05) is 39.1 Å². The molecule has 6 rings (SSSR count). The molecule has 2 fully saturated rings. The van der Waals surface area contributed by atoms with E-state index in [0.717, 1.165) is 4.52 Å². The first kappa shape index (κ1) is 23.9. The van der Waals surface area contributed by atoms with Crippen LogP contribution in [0.3, 0.4) is 0 Å². The van der Waals surface area contributed by atoms with Gasteiger partial charge in [-0.3, -0.25) is 4.90 Å². The summed E-state index contributed by atoms with van der Waals surface area (Å²) in [7, 11) is 1.32. The number of nitrogen functional groups attached to an aromatic ring is 1. The maximum Gasteiger partial charge on any atom is 0.270 e. The molecule has 0 saturated carbocycles. The second-order valence-corrected chi connectivity index (χ2v) is 9.50. The molecule has 2 saturated heterocycles. The van der Waals surface area contributed by atoms with Crippen LogP contribution in [0.4, 0.5) is 23.5 Å². The molecule has 5 heterocycles. The second-order valence-electron chi connectivity index (χ2n) is 9.50. The maximum absolute atomic E-state index is 16.4. The molecule has 37 heavy (non-hydrogen) atoms. The van der Waals surface area contributed by atoms with E-state index in [-0.39, 0.29) is 47.7 Å². The van der Waals surface area contributed by atoms with Crippen LogP contribution < -0.4 is 10.5 Å². The Bertz CT molecular complexity index is 1500. The van der Waals surface area contributed by atoms with Crippen molar-refractivity contribution in [1.29, 1.82) is 0 Å². The fourth-order valence-electron chi connectivity index (χ4n) is 5.15. The maximum atomic E-state index is 16.4. The quantitative estimate of drug-likeness (QED) is 0.387. The molecule has 2 atom stereocenters. The average Bonchev–Trinajstić information content (AvgIpc) is 3.42. The number of likely N-dealkylation sites (tertiary alicyclic amines) is 1. The van der Waals surface area contributed by atoms with Gasteiger partial charge in [-0.1, -0.05) is 11.3 Å². The highest BCUT2D eigenvalue weighted by atomic mass is 19.3. The van der Waals surface area contributed by atoms with Gasteiger partial charge in [-0.15, -0.1) is 10.2 Å². The standard InChI is InChI=1S/C23H24F4N8O2/c1-11(24)6-34-16-5-12(3-4-15(16)30-32-34)17-18(25)19(35-20(17)21(36-2)29-22(28)31-35)14-7-33(10-23(14,26)27)13-8-37-9-13/h3-5,11,13-14H,6-10H2,1-2H3,(H2,28,31)/t11-,14-/m1/s1. The van der Waals surface area contributed by atoms with Crippen LogP contribution in [-0.4, -0.2) is 86.0 Å². The molecule has 4 aromatic rings. The van der Waals surface area contributed by atoms with Crippen molar-refractivity contribution in [3.05, 3.63) is 29.7 Å². The largest absolute Gasteiger partial charge is 0.479 e. The molecule has 2 aliphatic heterocycles. The van der Waals surface area contributed by atoms with Gasteiger partial charge in [0.15, 0.2) is 5.82 Å². The van der Waals surface area contributed by atoms with E-state index < -0.39 is 30.4 Å². The third-order valence-electron chi connectivity index (χ3n) is 6.97. The molecule has 0 bridgehead atoms. The van der Waals surface area contributed by atoms with Gasteiger partial charge in [0, 0.05) is 6.54 Å². The Labute approximate surface area is 207 Å². The third-order valence-corrected chi connectivity index (χ3v) is 6.97. The molecule has 14 heteroatoms. The monoisotopic (exact) mass is 520 g/mol. The Morgan fingerprint density at radius 1 is 1.30 bits per heavy atom. The number of halogens is 4. The van der Waals surface area contributed by atoms with Crippen molar-refractivity contribution in [3.8, 4) is 17.0 Å². The minimum Gasteiger partial charge on any atom is -0.479 e. The molecule has 2 aliphatic rings. The number of fused-ring (bicyclic) bond motifs is 2. The fourth-order valence-corrected chi connectivity index (χ4v) is 5.15. The summed E-state index contributed by atoms with van der Waals surface area (Å²) in [4.78, 5) is 5.68. The van der Waals surface area contributed by atoms with Crippen molar-refractivity contribution in [2.45, 2.75) is 37.5 Å². The van der Waals surface area contributed by atoms with Crippen LogP contribution in [0.25, 0.3) is 27.7 Å². The van der Waals surface area contributed by atoms with Crippen LogP contribution in [0.1, 0.15) is 18.5 Å². The van der Waals surface area contributed by atoms with Crippen LogP contribution in [0, 0.1) is 5.82 Å². The van der Waals surface area contributed by atoms with E-state index in [1.807, 2.05) is 0 Å². The number of aromatic nitrogens is 6. The molecule has 1 aromatic carbocycles. The highest BCUT2D eigenvalue weighted by Crippen LogP contribution is 2.47. The molecule has 2 N–H and O–H groups in total. The van der Waals surface area contributed by atoms with Crippen molar-refractivity contribution in [1.82, 2.24) is 34.5 Å². The lowest BCUT2D eigenvalue weighted by Crippen LogP contribution is -2.48. The summed E-state index contributed by atoms with van der Waals surface area (Å²) in [6.45, 7) is 1.44. The first-order chi connectivity index (χ1) is 17.7. The van der Waals surface area contributed by atoms with Gasteiger partial charge < -0.3 is 15.2 Å². The summed E-state index contributed by atoms with van der Waals surface area (Å²) < 4.78 is 73.9. The SMILES string of the molecule is COc1nc(N)nn2c([C@H]3CN(C4COC4)CC3(F)F)c(F)c(-c3ccc4nnn(C[C@@H](C)F)c4c3)c12. The van der Waals surface area contributed by atoms with Crippen molar-refractivity contribution in [2.24, 2.45) is 0 Å². The van der Waals surface area contributed by atoms with Gasteiger partial charge in [-0.2, -0.15) is 4.98 Å². The van der Waals surface area contributed by atoms with Gasteiger partial charge in [-0.25, -0.2) is 26.8 Å². The van der Waals surface area contributed by atoms with E-state index in [9.17, 15) is 4.39 Å². The second kappa shape index (κ2) is 8.52. The Kier molecular flexibility index (Phi) is 5.49. The normalized spacial score (nSPS) is 21.1. The molecular weight excluding hydrogens is 496 g/mol. The fraction of sp³-hybridized carbons (Fsp3) is 0.478. The number of hydrogen-bond donors (Lipinski definition) is 1. The zero-order valence-electron chi connectivity index (χ0n) is 20.0. The highest BCUT2D eigenvalue weighted by Gasteiger charge is 2.54. The van der Waals surface area contributed by atoms with Crippen LogP contribution in [0.2, 0.25) is 0 Å². The molecule has 3 aromatic heterocycles. The first-order valence-corrected chi connectivity index (χ1v) is 11.8. The number of nitrogens with two attached hydrogens (primary N) is 1. The lowest BCUT2D eigenvalue weighted by Gasteiger charge is -2.34. The smallest absolute Gasteiger partial charge is 0.270 e. The lowest BCUT2D eigenvalue weighted by atomic mass is 9.98. The Hall–Kier alpha value is -3.52. The van der Waals surface area contributed by atoms with Gasteiger partial charge >= 0.3 is 0 Å². The number of ether oxygens (including phenoxy) is 2. The van der Waals surface area contributed by atoms with Gasteiger partial charge in [-0.05, 0) is 24.6 Å². The van der Waals surface area contributed by atoms with Crippen molar-refractivity contribution < 1.29 is 27.0 Å². The van der Waals surface area contributed by atoms with E-state index in [4.69, 9.17) is 15.2 Å². The summed E-state index contributed by atoms with van der Waals surface area (Å²) in [5.74, 6) is -5.95. The minimum absolute atomic E-state index is 0.0315. The number of nitrogens with zero attached hydrogens (tertiary/aromatic N) is 7. The van der Waals surface area contributed by atoms with Crippen LogP contribution >= 0.6 is 0 Å². The molecule has 0 radical (unpaired) electrons. The van der Waals surface area contributed by atoms with Crippen LogP contribution in [0.5, 0.6) is 5.88 Å². The first-order valence-electron chi connectivity index (χ1n) is 11.8. The molecule has 0 aliphatic carbocycles. The summed E-state index contributed by atoms with van der Waals surface area (Å²) in [5.41, 5.74) is 6.82. The third kappa shape index (κ3) is 3.77. The lowest BCUT2D eigenvalue weighted by molar-refractivity contribution is -0.0715. The molecular formula is C23H24F4N8O2. The Balaban J connectivity index is 1.57. The van der Waals surface area contributed by atoms with Gasteiger partial charge in [0.1, 0.15) is 17.2 Å². The summed E-state index contributed by atoms with van der Waals surface area (Å²) in [6, 6.07) is 4.63. The number of hydrogen-bond acceptors (Lipinski definition) is 8. The van der Waals surface area contributed by atoms with Crippen molar-refractivity contribution >= 4 is 22.5 Å². The molecule has 0 unspecified atom stereocenters. The Morgan fingerprint density at radius 3 is 2.76 bits per heavy atom. The van der Waals surface area contributed by atoms with E-state index in [1.165, 1.54) is 18.7 Å². The van der Waals surface area contributed by atoms with Crippen LogP contribution in [-0.2, 0) is 11.3 Å². The number of anilines is 1. The Morgan fingerprint density at radius 2 is 2.08 bits per heavy atom. The van der Waals surface area contributed by atoms with E-state index in [2.05, 4.69) is 20.4 Å². The summed E-state index contributed by atoms with van der Waals surface area (Å²) in [5, 5.41) is 12.1. The molecule has 0 spiro atoms. The van der Waals surface area contributed by atoms with Gasteiger partial charge in [0.2, 0.25) is 11.8 Å².